The molecule has 0 radical (unpaired) electrons. The molecule has 0 saturated carbocycles. The van der Waals surface area contributed by atoms with Crippen molar-refractivity contribution in [3.8, 4) is 5.75 Å². The Bertz CT molecular complexity index is 712. The molecule has 2 rings (SSSR count). The second kappa shape index (κ2) is 7.03. The number of carbonyl (C=O) groups excluding carboxylic acids is 2. The lowest BCUT2D eigenvalue weighted by molar-refractivity contribution is -0.113. The van der Waals surface area contributed by atoms with Crippen LogP contribution in [0, 0.1) is 0 Å². The summed E-state index contributed by atoms with van der Waals surface area (Å²) in [6.07, 6.45) is 2.79. The first-order chi connectivity index (χ1) is 10.6. The van der Waals surface area contributed by atoms with Gasteiger partial charge in [-0.1, -0.05) is 18.2 Å². The van der Waals surface area contributed by atoms with Crippen molar-refractivity contribution in [2.45, 2.75) is 6.92 Å². The molecular formula is C16H15N3O3. The van der Waals surface area contributed by atoms with Gasteiger partial charge in [-0.3, -0.25) is 9.59 Å². The highest BCUT2D eigenvalue weighted by molar-refractivity contribution is 6.02. The number of nitrogens with zero attached hydrogens (tertiary/aromatic N) is 1. The maximum atomic E-state index is 12.0. The van der Waals surface area contributed by atoms with E-state index in [4.69, 9.17) is 0 Å². The van der Waals surface area contributed by atoms with Crippen LogP contribution in [0.25, 0.3) is 0 Å². The highest BCUT2D eigenvalue weighted by Crippen LogP contribution is 2.18. The lowest BCUT2D eigenvalue weighted by atomic mass is 10.2. The van der Waals surface area contributed by atoms with E-state index < -0.39 is 5.91 Å². The Morgan fingerprint density at radius 1 is 1.14 bits per heavy atom. The fraction of sp³-hybridized carbons (Fsp3) is 0.0625. The van der Waals surface area contributed by atoms with E-state index in [1.165, 1.54) is 25.4 Å². The number of rotatable bonds is 5. The van der Waals surface area contributed by atoms with Gasteiger partial charge in [-0.25, -0.2) is 4.98 Å². The van der Waals surface area contributed by atoms with E-state index in [-0.39, 0.29) is 23.0 Å². The van der Waals surface area contributed by atoms with Crippen LogP contribution in [-0.2, 0) is 4.79 Å². The molecule has 6 heteroatoms. The third kappa shape index (κ3) is 3.92. The number of amides is 1. The van der Waals surface area contributed by atoms with E-state index in [1.807, 2.05) is 0 Å². The zero-order valence-corrected chi connectivity index (χ0v) is 11.9. The van der Waals surface area contributed by atoms with Crippen LogP contribution in [0.3, 0.4) is 0 Å². The Hall–Kier alpha value is -3.15. The van der Waals surface area contributed by atoms with Crippen LogP contribution in [0.15, 0.2) is 60.6 Å². The van der Waals surface area contributed by atoms with Crippen molar-refractivity contribution in [1.82, 2.24) is 10.3 Å². The normalized spacial score (nSPS) is 10.9. The molecule has 0 fully saturated rings. The zero-order valence-electron chi connectivity index (χ0n) is 11.9. The number of anilines is 1. The lowest BCUT2D eigenvalue weighted by Gasteiger charge is -2.08. The van der Waals surface area contributed by atoms with Crippen molar-refractivity contribution in [2.75, 3.05) is 5.32 Å². The smallest absolute Gasteiger partial charge is 0.255 e. The number of Topliss-reactive ketones (excluding diaryl/α,β-unsaturated/α-hetero) is 1. The van der Waals surface area contributed by atoms with Crippen LogP contribution < -0.4 is 10.6 Å². The van der Waals surface area contributed by atoms with Crippen molar-refractivity contribution in [1.29, 1.82) is 0 Å². The number of hydrogen-bond donors (Lipinski definition) is 3. The van der Waals surface area contributed by atoms with E-state index in [0.717, 1.165) is 0 Å². The average molecular weight is 297 g/mol. The van der Waals surface area contributed by atoms with Crippen molar-refractivity contribution in [3.05, 3.63) is 66.1 Å². The summed E-state index contributed by atoms with van der Waals surface area (Å²) in [7, 11) is 0. The molecule has 0 saturated heterocycles. The summed E-state index contributed by atoms with van der Waals surface area (Å²) in [5, 5.41) is 14.8. The first-order valence-electron chi connectivity index (χ1n) is 6.56. The Balaban J connectivity index is 2.13. The van der Waals surface area contributed by atoms with Gasteiger partial charge in [0.2, 0.25) is 0 Å². The molecule has 1 aromatic carbocycles. The SMILES string of the molecule is CC(=O)/C(=C/Nc1ncccc1O)NC(=O)c1ccccc1. The summed E-state index contributed by atoms with van der Waals surface area (Å²) in [5.41, 5.74) is 0.509. The minimum atomic E-state index is -0.394. The number of carbonyl (C=O) groups is 2. The van der Waals surface area contributed by atoms with Crippen LogP contribution in [0.4, 0.5) is 5.82 Å². The van der Waals surface area contributed by atoms with Crippen LogP contribution in [0.5, 0.6) is 5.75 Å². The second-order valence-electron chi connectivity index (χ2n) is 4.45. The molecular weight excluding hydrogens is 282 g/mol. The predicted molar refractivity (Wildman–Crippen MR) is 82.2 cm³/mol. The van der Waals surface area contributed by atoms with E-state index in [9.17, 15) is 14.7 Å². The van der Waals surface area contributed by atoms with Gasteiger partial charge in [0, 0.05) is 24.9 Å². The number of aromatic nitrogens is 1. The highest BCUT2D eigenvalue weighted by Gasteiger charge is 2.11. The minimum absolute atomic E-state index is 0.0592. The number of aromatic hydroxyl groups is 1. The van der Waals surface area contributed by atoms with E-state index in [0.29, 0.717) is 5.56 Å². The molecule has 0 spiro atoms. The summed E-state index contributed by atoms with van der Waals surface area (Å²) in [6.45, 7) is 1.33. The molecule has 3 N–H and O–H groups in total. The molecule has 22 heavy (non-hydrogen) atoms. The highest BCUT2D eigenvalue weighted by atomic mass is 16.3. The van der Waals surface area contributed by atoms with Crippen LogP contribution >= 0.6 is 0 Å². The topological polar surface area (TPSA) is 91.3 Å². The van der Waals surface area contributed by atoms with Crippen molar-refractivity contribution in [3.63, 3.8) is 0 Å². The number of benzene rings is 1. The number of pyridine rings is 1. The largest absolute Gasteiger partial charge is 0.504 e. The van der Waals surface area contributed by atoms with Gasteiger partial charge in [0.25, 0.3) is 5.91 Å². The van der Waals surface area contributed by atoms with Gasteiger partial charge < -0.3 is 15.7 Å². The van der Waals surface area contributed by atoms with Crippen molar-refractivity contribution >= 4 is 17.5 Å². The monoisotopic (exact) mass is 297 g/mol. The fourth-order valence-corrected chi connectivity index (χ4v) is 1.66. The van der Waals surface area contributed by atoms with Gasteiger partial charge in [-0.15, -0.1) is 0 Å². The molecule has 0 aliphatic rings. The van der Waals surface area contributed by atoms with Gasteiger partial charge >= 0.3 is 0 Å². The summed E-state index contributed by atoms with van der Waals surface area (Å²) >= 11 is 0. The molecule has 1 heterocycles. The third-order valence-electron chi connectivity index (χ3n) is 2.80. The average Bonchev–Trinajstić information content (AvgIpc) is 2.53. The molecule has 0 aliphatic carbocycles. The molecule has 0 unspecified atom stereocenters. The first-order valence-corrected chi connectivity index (χ1v) is 6.56. The van der Waals surface area contributed by atoms with Gasteiger partial charge in [-0.2, -0.15) is 0 Å². The quantitative estimate of drug-likeness (QED) is 0.735. The number of allylic oxidation sites excluding steroid dienone is 1. The van der Waals surface area contributed by atoms with Crippen molar-refractivity contribution in [2.24, 2.45) is 0 Å². The summed E-state index contributed by atoms with van der Waals surface area (Å²) in [6, 6.07) is 11.6. The number of nitrogens with one attached hydrogen (secondary N) is 2. The van der Waals surface area contributed by atoms with Gasteiger partial charge in [-0.05, 0) is 24.3 Å². The standard InChI is InChI=1S/C16H15N3O3/c1-11(20)13(10-18-15-14(21)8-5-9-17-15)19-16(22)12-6-3-2-4-7-12/h2-10,21H,1H3,(H,17,18)(H,19,22)/b13-10-. The fourth-order valence-electron chi connectivity index (χ4n) is 1.66. The summed E-state index contributed by atoms with van der Waals surface area (Å²) in [5.74, 6) is -0.590. The van der Waals surface area contributed by atoms with Crippen molar-refractivity contribution < 1.29 is 14.7 Å². The number of ketones is 1. The van der Waals surface area contributed by atoms with E-state index in [2.05, 4.69) is 15.6 Å². The van der Waals surface area contributed by atoms with E-state index in [1.54, 1.807) is 36.4 Å². The molecule has 2 aromatic rings. The summed E-state index contributed by atoms with van der Waals surface area (Å²) < 4.78 is 0. The maximum Gasteiger partial charge on any atom is 0.255 e. The Morgan fingerprint density at radius 3 is 2.50 bits per heavy atom. The molecule has 1 aromatic heterocycles. The molecule has 6 nitrogen and oxygen atoms in total. The molecule has 0 atom stereocenters. The third-order valence-corrected chi connectivity index (χ3v) is 2.80. The van der Waals surface area contributed by atoms with Crippen LogP contribution in [0.2, 0.25) is 0 Å². The molecule has 1 amide bonds. The minimum Gasteiger partial charge on any atom is -0.504 e. The second-order valence-corrected chi connectivity index (χ2v) is 4.45. The Morgan fingerprint density at radius 2 is 1.86 bits per heavy atom. The first kappa shape index (κ1) is 15.2. The van der Waals surface area contributed by atoms with Crippen LogP contribution in [-0.4, -0.2) is 21.8 Å². The van der Waals surface area contributed by atoms with Gasteiger partial charge in [0.05, 0.1) is 0 Å². The predicted octanol–water partition coefficient (Wildman–Crippen LogP) is 2.06. The summed E-state index contributed by atoms with van der Waals surface area (Å²) in [4.78, 5) is 27.6. The lowest BCUT2D eigenvalue weighted by Crippen LogP contribution is -2.27. The maximum absolute atomic E-state index is 12.0. The molecule has 112 valence electrons. The molecule has 0 aliphatic heterocycles. The van der Waals surface area contributed by atoms with Gasteiger partial charge in [0.15, 0.2) is 17.4 Å². The molecule has 0 bridgehead atoms. The van der Waals surface area contributed by atoms with Gasteiger partial charge in [0.1, 0.15) is 5.70 Å². The van der Waals surface area contributed by atoms with Crippen LogP contribution in [0.1, 0.15) is 17.3 Å². The Kier molecular flexibility index (Phi) is 4.87. The van der Waals surface area contributed by atoms with E-state index >= 15 is 0 Å². The Labute approximate surface area is 127 Å². The zero-order chi connectivity index (χ0) is 15.9. The number of hydrogen-bond acceptors (Lipinski definition) is 5.